The Kier molecular flexibility index (Phi) is 6.19. The standard InChI is InChI=1S/C26H29N5O2/c32-25(13-12-20-7-2-1-3-8-20)31-15-6-11-23(31)18-30-19-24(27-28-30)26(33)29-16-14-21-9-4-5-10-22(21)17-29/h1-5,7-10,19,23H,6,11-18H2. The lowest BCUT2D eigenvalue weighted by Gasteiger charge is -2.28. The molecule has 2 aliphatic rings. The number of hydrogen-bond acceptors (Lipinski definition) is 4. The summed E-state index contributed by atoms with van der Waals surface area (Å²) in [6, 6.07) is 18.5. The van der Waals surface area contributed by atoms with Crippen molar-refractivity contribution in [3.05, 3.63) is 83.2 Å². The van der Waals surface area contributed by atoms with Crippen molar-refractivity contribution in [1.82, 2.24) is 24.8 Å². The average molecular weight is 444 g/mol. The van der Waals surface area contributed by atoms with Gasteiger partial charge in [-0.2, -0.15) is 0 Å². The summed E-state index contributed by atoms with van der Waals surface area (Å²) in [5.41, 5.74) is 4.05. The van der Waals surface area contributed by atoms with Crippen LogP contribution in [0, 0.1) is 0 Å². The van der Waals surface area contributed by atoms with Gasteiger partial charge in [0.05, 0.1) is 18.8 Å². The summed E-state index contributed by atoms with van der Waals surface area (Å²) in [5, 5.41) is 8.36. The van der Waals surface area contributed by atoms with Crippen LogP contribution < -0.4 is 0 Å². The van der Waals surface area contributed by atoms with Gasteiger partial charge in [0.25, 0.3) is 5.91 Å². The molecule has 1 saturated heterocycles. The molecule has 7 heteroatoms. The Morgan fingerprint density at radius 3 is 2.61 bits per heavy atom. The van der Waals surface area contributed by atoms with Crippen LogP contribution in [0.3, 0.4) is 0 Å². The molecule has 2 aromatic carbocycles. The number of aromatic nitrogens is 3. The van der Waals surface area contributed by atoms with E-state index in [0.29, 0.717) is 31.7 Å². The number of hydrogen-bond donors (Lipinski definition) is 0. The second-order valence-electron chi connectivity index (χ2n) is 8.94. The molecule has 2 amide bonds. The van der Waals surface area contributed by atoms with Crippen molar-refractivity contribution >= 4 is 11.8 Å². The predicted molar refractivity (Wildman–Crippen MR) is 124 cm³/mol. The number of likely N-dealkylation sites (tertiary alicyclic amines) is 1. The zero-order chi connectivity index (χ0) is 22.6. The molecule has 1 atom stereocenters. The molecular formula is C26H29N5O2. The highest BCUT2D eigenvalue weighted by atomic mass is 16.2. The monoisotopic (exact) mass is 443 g/mol. The Labute approximate surface area is 194 Å². The van der Waals surface area contributed by atoms with E-state index in [9.17, 15) is 9.59 Å². The normalized spacial score (nSPS) is 17.8. The van der Waals surface area contributed by atoms with Crippen LogP contribution in [0.5, 0.6) is 0 Å². The van der Waals surface area contributed by atoms with Crippen LogP contribution in [-0.4, -0.2) is 55.7 Å². The summed E-state index contributed by atoms with van der Waals surface area (Å²) in [7, 11) is 0. The Bertz CT molecular complexity index is 1130. The summed E-state index contributed by atoms with van der Waals surface area (Å²) in [5.74, 6) is 0.0997. The second kappa shape index (κ2) is 9.57. The first-order valence-electron chi connectivity index (χ1n) is 11.8. The first-order chi connectivity index (χ1) is 16.2. The molecule has 1 aromatic heterocycles. The van der Waals surface area contributed by atoms with Crippen molar-refractivity contribution in [2.45, 2.75) is 51.2 Å². The molecule has 7 nitrogen and oxygen atoms in total. The topological polar surface area (TPSA) is 71.3 Å². The van der Waals surface area contributed by atoms with Crippen molar-refractivity contribution in [1.29, 1.82) is 0 Å². The van der Waals surface area contributed by atoms with Crippen molar-refractivity contribution in [2.24, 2.45) is 0 Å². The zero-order valence-electron chi connectivity index (χ0n) is 18.8. The van der Waals surface area contributed by atoms with Gasteiger partial charge < -0.3 is 9.80 Å². The number of rotatable bonds is 6. The molecule has 0 N–H and O–H groups in total. The van der Waals surface area contributed by atoms with Gasteiger partial charge in [0.15, 0.2) is 5.69 Å². The van der Waals surface area contributed by atoms with E-state index in [1.165, 1.54) is 16.7 Å². The van der Waals surface area contributed by atoms with Gasteiger partial charge in [0, 0.05) is 26.1 Å². The summed E-state index contributed by atoms with van der Waals surface area (Å²) in [6.45, 7) is 2.65. The fourth-order valence-electron chi connectivity index (χ4n) is 4.93. The Morgan fingerprint density at radius 1 is 0.970 bits per heavy atom. The van der Waals surface area contributed by atoms with Gasteiger partial charge in [-0.05, 0) is 42.4 Å². The van der Waals surface area contributed by atoms with E-state index in [-0.39, 0.29) is 17.9 Å². The fraction of sp³-hybridized carbons (Fsp3) is 0.385. The molecule has 2 aliphatic heterocycles. The largest absolute Gasteiger partial charge is 0.338 e. The summed E-state index contributed by atoms with van der Waals surface area (Å²) in [4.78, 5) is 29.7. The third-order valence-corrected chi connectivity index (χ3v) is 6.74. The highest BCUT2D eigenvalue weighted by Crippen LogP contribution is 2.22. The smallest absolute Gasteiger partial charge is 0.276 e. The lowest BCUT2D eigenvalue weighted by atomic mass is 10.00. The fourth-order valence-corrected chi connectivity index (χ4v) is 4.93. The lowest BCUT2D eigenvalue weighted by molar-refractivity contribution is -0.132. The quantitative estimate of drug-likeness (QED) is 0.587. The Hall–Kier alpha value is -3.48. The third-order valence-electron chi connectivity index (χ3n) is 6.74. The van der Waals surface area contributed by atoms with Gasteiger partial charge >= 0.3 is 0 Å². The van der Waals surface area contributed by atoms with Gasteiger partial charge in [-0.15, -0.1) is 5.10 Å². The molecule has 0 bridgehead atoms. The molecule has 5 rings (SSSR count). The molecule has 0 aliphatic carbocycles. The molecular weight excluding hydrogens is 414 g/mol. The minimum atomic E-state index is -0.0852. The molecule has 0 radical (unpaired) electrons. The second-order valence-corrected chi connectivity index (χ2v) is 8.94. The zero-order valence-corrected chi connectivity index (χ0v) is 18.8. The maximum Gasteiger partial charge on any atom is 0.276 e. The molecule has 0 saturated carbocycles. The van der Waals surface area contributed by atoms with Crippen molar-refractivity contribution in [3.63, 3.8) is 0 Å². The molecule has 1 fully saturated rings. The molecule has 1 unspecified atom stereocenters. The van der Waals surface area contributed by atoms with E-state index in [0.717, 1.165) is 32.2 Å². The highest BCUT2D eigenvalue weighted by molar-refractivity contribution is 5.92. The van der Waals surface area contributed by atoms with E-state index in [4.69, 9.17) is 0 Å². The van der Waals surface area contributed by atoms with Crippen LogP contribution in [0.4, 0.5) is 0 Å². The summed E-state index contributed by atoms with van der Waals surface area (Å²) < 4.78 is 1.72. The van der Waals surface area contributed by atoms with Crippen LogP contribution >= 0.6 is 0 Å². The van der Waals surface area contributed by atoms with E-state index < -0.39 is 0 Å². The van der Waals surface area contributed by atoms with Gasteiger partial charge in [0.1, 0.15) is 0 Å². The Balaban J connectivity index is 1.18. The summed E-state index contributed by atoms with van der Waals surface area (Å²) in [6.07, 6.45) is 5.80. The molecule has 0 spiro atoms. The number of amides is 2. The first kappa shape index (κ1) is 21.4. The van der Waals surface area contributed by atoms with Crippen LogP contribution in [0.2, 0.25) is 0 Å². The van der Waals surface area contributed by atoms with Gasteiger partial charge in [-0.3, -0.25) is 9.59 Å². The van der Waals surface area contributed by atoms with E-state index in [1.54, 1.807) is 10.9 Å². The van der Waals surface area contributed by atoms with Crippen molar-refractivity contribution in [3.8, 4) is 0 Å². The van der Waals surface area contributed by atoms with E-state index >= 15 is 0 Å². The number of aryl methyl sites for hydroxylation is 1. The van der Waals surface area contributed by atoms with E-state index in [2.05, 4.69) is 34.6 Å². The van der Waals surface area contributed by atoms with Crippen LogP contribution in [0.15, 0.2) is 60.8 Å². The highest BCUT2D eigenvalue weighted by Gasteiger charge is 2.30. The minimum absolute atomic E-state index is 0.0852. The van der Waals surface area contributed by atoms with E-state index in [1.807, 2.05) is 40.1 Å². The van der Waals surface area contributed by atoms with Gasteiger partial charge in [-0.25, -0.2) is 4.68 Å². The third kappa shape index (κ3) is 4.82. The summed E-state index contributed by atoms with van der Waals surface area (Å²) >= 11 is 0. The first-order valence-corrected chi connectivity index (χ1v) is 11.8. The molecule has 170 valence electrons. The van der Waals surface area contributed by atoms with Crippen molar-refractivity contribution < 1.29 is 9.59 Å². The van der Waals surface area contributed by atoms with Crippen LogP contribution in [0.25, 0.3) is 0 Å². The van der Waals surface area contributed by atoms with Gasteiger partial charge in [-0.1, -0.05) is 59.8 Å². The van der Waals surface area contributed by atoms with Crippen LogP contribution in [0.1, 0.15) is 46.4 Å². The molecule has 3 aromatic rings. The van der Waals surface area contributed by atoms with Gasteiger partial charge in [0.2, 0.25) is 5.91 Å². The number of benzene rings is 2. The molecule has 3 heterocycles. The van der Waals surface area contributed by atoms with Crippen molar-refractivity contribution in [2.75, 3.05) is 13.1 Å². The predicted octanol–water partition coefficient (Wildman–Crippen LogP) is 3.10. The van der Waals surface area contributed by atoms with Crippen LogP contribution in [-0.2, 0) is 30.7 Å². The molecule has 33 heavy (non-hydrogen) atoms. The number of carbonyl (C=O) groups is 2. The number of nitrogens with zero attached hydrogens (tertiary/aromatic N) is 5. The minimum Gasteiger partial charge on any atom is -0.338 e. The Morgan fingerprint density at radius 2 is 1.76 bits per heavy atom. The maximum atomic E-state index is 13.0. The number of carbonyl (C=O) groups excluding carboxylic acids is 2. The average Bonchev–Trinajstić information content (AvgIpc) is 3.52. The SMILES string of the molecule is O=C(c1cn(CC2CCCN2C(=O)CCc2ccccc2)nn1)N1CCc2ccccc2C1. The maximum absolute atomic E-state index is 13.0. The number of fused-ring (bicyclic) bond motifs is 1. The lowest BCUT2D eigenvalue weighted by Crippen LogP contribution is -2.38.